The molecule has 0 spiro atoms. The van der Waals surface area contributed by atoms with Gasteiger partial charge in [0.2, 0.25) is 0 Å². The van der Waals surface area contributed by atoms with Crippen LogP contribution in [-0.4, -0.2) is 16.2 Å². The third kappa shape index (κ3) is 5.66. The molecule has 2 N–H and O–H groups in total. The molecule has 0 aliphatic rings. The van der Waals surface area contributed by atoms with Crippen molar-refractivity contribution in [3.05, 3.63) is 30.1 Å². The largest absolute Gasteiger partial charge is 0.505 e. The second-order valence-corrected chi connectivity index (χ2v) is 2.20. The van der Waals surface area contributed by atoms with Gasteiger partial charge in [0, 0.05) is 6.42 Å². The number of rotatable bonds is 1. The third-order valence-corrected chi connectivity index (χ3v) is 1.15. The molecule has 0 bridgehead atoms. The lowest BCUT2D eigenvalue weighted by atomic mass is 10.3. The van der Waals surface area contributed by atoms with Gasteiger partial charge in [0.1, 0.15) is 0 Å². The summed E-state index contributed by atoms with van der Waals surface area (Å²) in [6.45, 7) is 1.60. The van der Waals surface area contributed by atoms with Crippen molar-refractivity contribution < 1.29 is 19.4 Å². The molecule has 0 unspecified atom stereocenters. The minimum absolute atomic E-state index is 0.222. The number of aromatic hydroxyl groups is 1. The third-order valence-electron chi connectivity index (χ3n) is 1.15. The standard InChI is InChI=1S/C6H5FO.C3H6O2/c7-5-3-1-2-4-6(5)8;1-2-3(4)5/h1-4,8H;2H2,1H3,(H,4,5). The van der Waals surface area contributed by atoms with E-state index in [1.54, 1.807) is 13.0 Å². The summed E-state index contributed by atoms with van der Waals surface area (Å²) < 4.78 is 12.1. The van der Waals surface area contributed by atoms with Crippen LogP contribution in [0.2, 0.25) is 0 Å². The zero-order valence-corrected chi connectivity index (χ0v) is 7.20. The fraction of sp³-hybridized carbons (Fsp3) is 0.222. The average molecular weight is 186 g/mol. The number of carboxylic acid groups (broad SMARTS) is 1. The summed E-state index contributed by atoms with van der Waals surface area (Å²) >= 11 is 0. The van der Waals surface area contributed by atoms with Gasteiger partial charge >= 0.3 is 5.97 Å². The van der Waals surface area contributed by atoms with Crippen molar-refractivity contribution >= 4 is 5.97 Å². The van der Waals surface area contributed by atoms with E-state index in [0.717, 1.165) is 0 Å². The first-order valence-electron chi connectivity index (χ1n) is 3.73. The van der Waals surface area contributed by atoms with Crippen molar-refractivity contribution in [2.75, 3.05) is 0 Å². The molecule has 1 rings (SSSR count). The number of benzene rings is 1. The van der Waals surface area contributed by atoms with Gasteiger partial charge in [-0.2, -0.15) is 0 Å². The van der Waals surface area contributed by atoms with E-state index in [-0.39, 0.29) is 12.2 Å². The van der Waals surface area contributed by atoms with E-state index in [2.05, 4.69) is 0 Å². The predicted octanol–water partition coefficient (Wildman–Crippen LogP) is 2.01. The van der Waals surface area contributed by atoms with Crippen molar-refractivity contribution in [3.8, 4) is 5.75 Å². The van der Waals surface area contributed by atoms with Gasteiger partial charge in [0.25, 0.3) is 0 Å². The summed E-state index contributed by atoms with van der Waals surface area (Å²) in [5.41, 5.74) is 0. The molecule has 0 fully saturated rings. The number of hydrogen-bond acceptors (Lipinski definition) is 2. The molecule has 4 heteroatoms. The van der Waals surface area contributed by atoms with E-state index in [1.165, 1.54) is 18.2 Å². The van der Waals surface area contributed by atoms with Crippen molar-refractivity contribution in [1.29, 1.82) is 0 Å². The maximum Gasteiger partial charge on any atom is 0.303 e. The Morgan fingerprint density at radius 3 is 2.15 bits per heavy atom. The summed E-state index contributed by atoms with van der Waals surface area (Å²) in [5.74, 6) is -1.62. The van der Waals surface area contributed by atoms with Crippen molar-refractivity contribution in [1.82, 2.24) is 0 Å². The van der Waals surface area contributed by atoms with Crippen LogP contribution in [0.4, 0.5) is 4.39 Å². The quantitative estimate of drug-likeness (QED) is 0.705. The van der Waals surface area contributed by atoms with E-state index >= 15 is 0 Å². The minimum Gasteiger partial charge on any atom is -0.505 e. The van der Waals surface area contributed by atoms with Crippen LogP contribution in [-0.2, 0) is 4.79 Å². The van der Waals surface area contributed by atoms with Crippen LogP contribution < -0.4 is 0 Å². The molecule has 0 radical (unpaired) electrons. The smallest absolute Gasteiger partial charge is 0.303 e. The highest BCUT2D eigenvalue weighted by molar-refractivity contribution is 5.66. The van der Waals surface area contributed by atoms with Gasteiger partial charge in [-0.3, -0.25) is 4.79 Å². The van der Waals surface area contributed by atoms with E-state index in [4.69, 9.17) is 10.2 Å². The Balaban J connectivity index is 0.000000252. The van der Waals surface area contributed by atoms with E-state index in [1.807, 2.05) is 0 Å². The zero-order valence-electron chi connectivity index (χ0n) is 7.20. The topological polar surface area (TPSA) is 57.5 Å². The van der Waals surface area contributed by atoms with Crippen LogP contribution in [0.1, 0.15) is 13.3 Å². The molecule has 1 aromatic rings. The van der Waals surface area contributed by atoms with Crippen LogP contribution in [0.15, 0.2) is 24.3 Å². The minimum atomic E-state index is -0.745. The maximum atomic E-state index is 12.1. The first kappa shape index (κ1) is 11.4. The Bertz CT molecular complexity index is 252. The van der Waals surface area contributed by atoms with Gasteiger partial charge in [-0.05, 0) is 12.1 Å². The molecule has 0 saturated heterocycles. The number of carbonyl (C=O) groups is 1. The molecule has 0 heterocycles. The highest BCUT2D eigenvalue weighted by Gasteiger charge is 1.92. The monoisotopic (exact) mass is 186 g/mol. The Labute approximate surface area is 75.4 Å². The number of para-hydroxylation sites is 1. The van der Waals surface area contributed by atoms with E-state index in [9.17, 15) is 9.18 Å². The fourth-order valence-corrected chi connectivity index (χ4v) is 0.452. The van der Waals surface area contributed by atoms with E-state index in [0.29, 0.717) is 0 Å². The van der Waals surface area contributed by atoms with Crippen LogP contribution in [0.25, 0.3) is 0 Å². The van der Waals surface area contributed by atoms with Gasteiger partial charge in [0.05, 0.1) is 0 Å². The molecular weight excluding hydrogens is 175 g/mol. The summed E-state index contributed by atoms with van der Waals surface area (Å²) in [5, 5.41) is 16.3. The summed E-state index contributed by atoms with van der Waals surface area (Å²) in [4.78, 5) is 9.37. The normalized spacial score (nSPS) is 8.46. The molecular formula is C9H11FO3. The lowest BCUT2D eigenvalue weighted by molar-refractivity contribution is -0.136. The number of carboxylic acids is 1. The SMILES string of the molecule is CCC(=O)O.Oc1ccccc1F. The first-order valence-corrected chi connectivity index (χ1v) is 3.73. The molecule has 0 aliphatic heterocycles. The predicted molar refractivity (Wildman–Crippen MR) is 46.0 cm³/mol. The molecule has 0 aromatic heterocycles. The Morgan fingerprint density at radius 2 is 1.92 bits per heavy atom. The fourth-order valence-electron chi connectivity index (χ4n) is 0.452. The summed E-state index contributed by atoms with van der Waals surface area (Å²) in [7, 11) is 0. The second-order valence-electron chi connectivity index (χ2n) is 2.20. The van der Waals surface area contributed by atoms with Gasteiger partial charge in [-0.15, -0.1) is 0 Å². The molecule has 0 saturated carbocycles. The highest BCUT2D eigenvalue weighted by atomic mass is 19.1. The average Bonchev–Trinajstić information content (AvgIpc) is 2.11. The van der Waals surface area contributed by atoms with E-state index < -0.39 is 11.8 Å². The molecule has 0 amide bonds. The Morgan fingerprint density at radius 1 is 1.46 bits per heavy atom. The zero-order chi connectivity index (χ0) is 10.3. The summed E-state index contributed by atoms with van der Waals surface area (Å²) in [6.07, 6.45) is 0.222. The van der Waals surface area contributed by atoms with Crippen molar-refractivity contribution in [2.24, 2.45) is 0 Å². The Kier molecular flexibility index (Phi) is 5.27. The van der Waals surface area contributed by atoms with Crippen LogP contribution in [0.5, 0.6) is 5.75 Å². The van der Waals surface area contributed by atoms with Gasteiger partial charge in [0.15, 0.2) is 11.6 Å². The molecule has 3 nitrogen and oxygen atoms in total. The maximum absolute atomic E-state index is 12.1. The van der Waals surface area contributed by atoms with Crippen LogP contribution >= 0.6 is 0 Å². The molecule has 0 aliphatic carbocycles. The number of phenolic OH excluding ortho intramolecular Hbond substituents is 1. The molecule has 13 heavy (non-hydrogen) atoms. The Hall–Kier alpha value is -1.58. The summed E-state index contributed by atoms with van der Waals surface area (Å²) in [6, 6.07) is 5.60. The molecule has 0 atom stereocenters. The number of halogens is 1. The van der Waals surface area contributed by atoms with Gasteiger partial charge in [-0.1, -0.05) is 19.1 Å². The first-order chi connectivity index (χ1) is 6.07. The van der Waals surface area contributed by atoms with Crippen LogP contribution in [0.3, 0.4) is 0 Å². The number of hydrogen-bond donors (Lipinski definition) is 2. The van der Waals surface area contributed by atoms with Crippen LogP contribution in [0, 0.1) is 5.82 Å². The van der Waals surface area contributed by atoms with Crippen molar-refractivity contribution in [3.63, 3.8) is 0 Å². The van der Waals surface area contributed by atoms with Gasteiger partial charge in [-0.25, -0.2) is 4.39 Å². The van der Waals surface area contributed by atoms with Crippen molar-refractivity contribution in [2.45, 2.75) is 13.3 Å². The highest BCUT2D eigenvalue weighted by Crippen LogP contribution is 2.11. The number of phenols is 1. The molecule has 72 valence electrons. The lowest BCUT2D eigenvalue weighted by Crippen LogP contribution is -1.86. The number of aliphatic carboxylic acids is 1. The molecule has 1 aromatic carbocycles. The lowest BCUT2D eigenvalue weighted by Gasteiger charge is -1.88. The van der Waals surface area contributed by atoms with Gasteiger partial charge < -0.3 is 10.2 Å². The second kappa shape index (κ2) is 5.99.